The SMILES string of the molecule is CN(CCC(N)=S)Cc1ccncc1. The van der Waals surface area contributed by atoms with E-state index in [0.29, 0.717) is 4.99 Å². The maximum atomic E-state index is 5.43. The van der Waals surface area contributed by atoms with Gasteiger partial charge in [0, 0.05) is 31.9 Å². The minimum atomic E-state index is 0.576. The Kier molecular flexibility index (Phi) is 4.49. The van der Waals surface area contributed by atoms with Crippen molar-refractivity contribution >= 4 is 17.2 Å². The zero-order valence-corrected chi connectivity index (χ0v) is 9.13. The van der Waals surface area contributed by atoms with Crippen LogP contribution in [-0.2, 0) is 6.54 Å². The standard InChI is InChI=1S/C10H15N3S/c1-13(7-4-10(11)14)8-9-2-5-12-6-3-9/h2-3,5-6H,4,7-8H2,1H3,(H2,11,14). The van der Waals surface area contributed by atoms with E-state index in [2.05, 4.69) is 16.9 Å². The quantitative estimate of drug-likeness (QED) is 0.740. The lowest BCUT2D eigenvalue weighted by atomic mass is 10.2. The molecule has 0 saturated carbocycles. The smallest absolute Gasteiger partial charge is 0.0740 e. The Bertz CT molecular complexity index is 287. The molecule has 0 atom stereocenters. The first kappa shape index (κ1) is 11.1. The summed E-state index contributed by atoms with van der Waals surface area (Å²) in [5, 5.41) is 0. The molecular formula is C10H15N3S. The average molecular weight is 209 g/mol. The molecule has 0 radical (unpaired) electrons. The van der Waals surface area contributed by atoms with E-state index >= 15 is 0 Å². The number of aromatic nitrogens is 1. The van der Waals surface area contributed by atoms with Crippen LogP contribution in [0.3, 0.4) is 0 Å². The molecule has 1 rings (SSSR count). The predicted octanol–water partition coefficient (Wildman–Crippen LogP) is 1.19. The fraction of sp³-hybridized carbons (Fsp3) is 0.400. The number of hydrogen-bond acceptors (Lipinski definition) is 3. The van der Waals surface area contributed by atoms with E-state index in [1.165, 1.54) is 5.56 Å². The van der Waals surface area contributed by atoms with Gasteiger partial charge in [-0.05, 0) is 24.7 Å². The second kappa shape index (κ2) is 5.67. The number of rotatable bonds is 5. The molecule has 0 aliphatic heterocycles. The first-order chi connectivity index (χ1) is 6.68. The molecule has 0 saturated heterocycles. The second-order valence-electron chi connectivity index (χ2n) is 3.31. The summed E-state index contributed by atoms with van der Waals surface area (Å²) in [6.07, 6.45) is 4.38. The largest absolute Gasteiger partial charge is 0.393 e. The van der Waals surface area contributed by atoms with E-state index in [0.717, 1.165) is 19.5 Å². The van der Waals surface area contributed by atoms with Crippen molar-refractivity contribution in [2.75, 3.05) is 13.6 Å². The molecule has 1 aromatic rings. The van der Waals surface area contributed by atoms with E-state index in [1.807, 2.05) is 12.1 Å². The van der Waals surface area contributed by atoms with Crippen molar-refractivity contribution in [1.82, 2.24) is 9.88 Å². The Hall–Kier alpha value is -1.00. The molecule has 0 amide bonds. The van der Waals surface area contributed by atoms with E-state index < -0.39 is 0 Å². The zero-order valence-electron chi connectivity index (χ0n) is 8.31. The predicted molar refractivity (Wildman–Crippen MR) is 62.0 cm³/mol. The molecule has 14 heavy (non-hydrogen) atoms. The molecule has 1 heterocycles. The molecule has 0 aliphatic carbocycles. The van der Waals surface area contributed by atoms with Gasteiger partial charge in [0.2, 0.25) is 0 Å². The van der Waals surface area contributed by atoms with Gasteiger partial charge in [0.15, 0.2) is 0 Å². The van der Waals surface area contributed by atoms with Gasteiger partial charge >= 0.3 is 0 Å². The molecule has 1 aromatic heterocycles. The lowest BCUT2D eigenvalue weighted by molar-refractivity contribution is 0.337. The van der Waals surface area contributed by atoms with Crippen molar-refractivity contribution in [3.05, 3.63) is 30.1 Å². The molecule has 76 valence electrons. The van der Waals surface area contributed by atoms with E-state index in [1.54, 1.807) is 12.4 Å². The van der Waals surface area contributed by atoms with E-state index in [4.69, 9.17) is 18.0 Å². The van der Waals surface area contributed by atoms with E-state index in [9.17, 15) is 0 Å². The summed E-state index contributed by atoms with van der Waals surface area (Å²) >= 11 is 4.82. The Balaban J connectivity index is 2.34. The topological polar surface area (TPSA) is 42.1 Å². The number of nitrogens with two attached hydrogens (primary N) is 1. The number of pyridine rings is 1. The molecule has 2 N–H and O–H groups in total. The van der Waals surface area contributed by atoms with Gasteiger partial charge in [-0.3, -0.25) is 4.98 Å². The summed E-state index contributed by atoms with van der Waals surface area (Å²) in [5.74, 6) is 0. The van der Waals surface area contributed by atoms with Gasteiger partial charge in [-0.15, -0.1) is 0 Å². The van der Waals surface area contributed by atoms with Crippen LogP contribution in [0.2, 0.25) is 0 Å². The van der Waals surface area contributed by atoms with Crippen molar-refractivity contribution in [3.63, 3.8) is 0 Å². The normalized spacial score (nSPS) is 10.4. The highest BCUT2D eigenvalue weighted by molar-refractivity contribution is 7.80. The Morgan fingerprint density at radius 2 is 2.14 bits per heavy atom. The fourth-order valence-corrected chi connectivity index (χ4v) is 1.27. The van der Waals surface area contributed by atoms with Gasteiger partial charge < -0.3 is 10.6 Å². The van der Waals surface area contributed by atoms with Crippen LogP contribution in [0.25, 0.3) is 0 Å². The molecular weight excluding hydrogens is 194 g/mol. The van der Waals surface area contributed by atoms with Crippen LogP contribution in [0, 0.1) is 0 Å². The third-order valence-electron chi connectivity index (χ3n) is 1.94. The summed E-state index contributed by atoms with van der Waals surface area (Å²) < 4.78 is 0. The molecule has 0 aliphatic rings. The summed E-state index contributed by atoms with van der Waals surface area (Å²) in [5.41, 5.74) is 6.68. The van der Waals surface area contributed by atoms with Gasteiger partial charge in [-0.1, -0.05) is 12.2 Å². The highest BCUT2D eigenvalue weighted by Crippen LogP contribution is 2.01. The van der Waals surface area contributed by atoms with Crippen LogP contribution in [0.5, 0.6) is 0 Å². The van der Waals surface area contributed by atoms with Crippen molar-refractivity contribution in [2.45, 2.75) is 13.0 Å². The molecule has 0 unspecified atom stereocenters. The Morgan fingerprint density at radius 3 is 2.71 bits per heavy atom. The van der Waals surface area contributed by atoms with Crippen LogP contribution in [-0.4, -0.2) is 28.5 Å². The number of hydrogen-bond donors (Lipinski definition) is 1. The minimum Gasteiger partial charge on any atom is -0.393 e. The second-order valence-corrected chi connectivity index (χ2v) is 3.83. The molecule has 3 nitrogen and oxygen atoms in total. The van der Waals surface area contributed by atoms with Crippen molar-refractivity contribution in [1.29, 1.82) is 0 Å². The first-order valence-electron chi connectivity index (χ1n) is 4.54. The summed E-state index contributed by atoms with van der Waals surface area (Å²) in [6.45, 7) is 1.81. The van der Waals surface area contributed by atoms with Crippen LogP contribution in [0.1, 0.15) is 12.0 Å². The highest BCUT2D eigenvalue weighted by atomic mass is 32.1. The number of thiocarbonyl (C=S) groups is 1. The van der Waals surface area contributed by atoms with Crippen molar-refractivity contribution in [3.8, 4) is 0 Å². The lowest BCUT2D eigenvalue weighted by Gasteiger charge is -2.15. The van der Waals surface area contributed by atoms with Crippen LogP contribution in [0.15, 0.2) is 24.5 Å². The minimum absolute atomic E-state index is 0.576. The highest BCUT2D eigenvalue weighted by Gasteiger charge is 2.00. The van der Waals surface area contributed by atoms with Crippen molar-refractivity contribution in [2.24, 2.45) is 5.73 Å². The lowest BCUT2D eigenvalue weighted by Crippen LogP contribution is -2.23. The molecule has 4 heteroatoms. The fourth-order valence-electron chi connectivity index (χ4n) is 1.18. The van der Waals surface area contributed by atoms with Gasteiger partial charge in [-0.25, -0.2) is 0 Å². The Morgan fingerprint density at radius 1 is 1.50 bits per heavy atom. The maximum absolute atomic E-state index is 5.43. The van der Waals surface area contributed by atoms with Gasteiger partial charge in [0.25, 0.3) is 0 Å². The van der Waals surface area contributed by atoms with Crippen molar-refractivity contribution < 1.29 is 0 Å². The molecule has 0 fully saturated rings. The average Bonchev–Trinajstić information content (AvgIpc) is 2.16. The summed E-state index contributed by atoms with van der Waals surface area (Å²) in [7, 11) is 2.05. The zero-order chi connectivity index (χ0) is 10.4. The Labute approximate surface area is 89.9 Å². The van der Waals surface area contributed by atoms with Crippen LogP contribution in [0.4, 0.5) is 0 Å². The third kappa shape index (κ3) is 4.30. The summed E-state index contributed by atoms with van der Waals surface area (Å²) in [4.78, 5) is 6.73. The van der Waals surface area contributed by atoms with Gasteiger partial charge in [0.1, 0.15) is 0 Å². The van der Waals surface area contributed by atoms with Crippen LogP contribution < -0.4 is 5.73 Å². The maximum Gasteiger partial charge on any atom is 0.0740 e. The molecule has 0 aromatic carbocycles. The molecule has 0 bridgehead atoms. The third-order valence-corrected chi connectivity index (χ3v) is 2.15. The first-order valence-corrected chi connectivity index (χ1v) is 4.95. The monoisotopic (exact) mass is 209 g/mol. The molecule has 0 spiro atoms. The number of nitrogens with zero attached hydrogens (tertiary/aromatic N) is 2. The van der Waals surface area contributed by atoms with E-state index in [-0.39, 0.29) is 0 Å². The van der Waals surface area contributed by atoms with Gasteiger partial charge in [-0.2, -0.15) is 0 Å². The summed E-state index contributed by atoms with van der Waals surface area (Å²) in [6, 6.07) is 4.02. The van der Waals surface area contributed by atoms with Crippen LogP contribution >= 0.6 is 12.2 Å². The van der Waals surface area contributed by atoms with Gasteiger partial charge in [0.05, 0.1) is 4.99 Å².